The third-order valence-electron chi connectivity index (χ3n) is 4.65. The molecule has 0 unspecified atom stereocenters. The van der Waals surface area contributed by atoms with Crippen LogP contribution >= 0.6 is 11.8 Å². The summed E-state index contributed by atoms with van der Waals surface area (Å²) in [6.07, 6.45) is 0. The van der Waals surface area contributed by atoms with Gasteiger partial charge in [-0.1, -0.05) is 59.8 Å². The highest BCUT2D eigenvalue weighted by Crippen LogP contribution is 2.21. The molecular weight excluding hydrogens is 384 g/mol. The number of likely N-dealkylation sites (N-methyl/N-ethyl adjacent to an activating group) is 1. The van der Waals surface area contributed by atoms with Crippen LogP contribution in [-0.4, -0.2) is 57.4 Å². The number of aromatic nitrogens is 4. The average Bonchev–Trinajstić information content (AvgIpc) is 3.15. The van der Waals surface area contributed by atoms with Crippen LogP contribution in [0.25, 0.3) is 5.69 Å². The third-order valence-corrected chi connectivity index (χ3v) is 5.57. The maximum absolute atomic E-state index is 12.4. The highest BCUT2D eigenvalue weighted by atomic mass is 32.2. The number of amides is 1. The van der Waals surface area contributed by atoms with Gasteiger partial charge in [0, 0.05) is 6.54 Å². The molecule has 3 rings (SSSR count). The van der Waals surface area contributed by atoms with E-state index < -0.39 is 0 Å². The zero-order valence-corrected chi connectivity index (χ0v) is 18.0. The van der Waals surface area contributed by atoms with E-state index in [0.717, 1.165) is 11.3 Å². The first kappa shape index (κ1) is 21.0. The minimum absolute atomic E-state index is 0.0482. The molecule has 1 heterocycles. The van der Waals surface area contributed by atoms with Crippen molar-refractivity contribution in [2.45, 2.75) is 25.0 Å². The Hall–Kier alpha value is -2.71. The summed E-state index contributed by atoms with van der Waals surface area (Å²) in [5.74, 6) is 0.202. The second kappa shape index (κ2) is 9.67. The number of nitrogens with one attached hydrogen (secondary N) is 1. The molecule has 0 saturated heterocycles. The molecule has 0 aliphatic rings. The van der Waals surface area contributed by atoms with Crippen LogP contribution in [0.3, 0.4) is 0 Å². The van der Waals surface area contributed by atoms with E-state index in [1.165, 1.54) is 22.9 Å². The fourth-order valence-corrected chi connectivity index (χ4v) is 3.84. The van der Waals surface area contributed by atoms with Crippen LogP contribution in [-0.2, 0) is 4.79 Å². The van der Waals surface area contributed by atoms with Gasteiger partial charge < -0.3 is 10.2 Å². The Balaban J connectivity index is 1.60. The van der Waals surface area contributed by atoms with Crippen LogP contribution in [0, 0.1) is 13.8 Å². The average molecular weight is 411 g/mol. The summed E-state index contributed by atoms with van der Waals surface area (Å²) in [7, 11) is 4.02. The molecule has 1 amide bonds. The van der Waals surface area contributed by atoms with E-state index in [9.17, 15) is 4.79 Å². The van der Waals surface area contributed by atoms with E-state index in [4.69, 9.17) is 0 Å². The maximum Gasteiger partial charge on any atom is 0.230 e. The van der Waals surface area contributed by atoms with E-state index in [-0.39, 0.29) is 17.7 Å². The molecule has 0 spiro atoms. The van der Waals surface area contributed by atoms with Gasteiger partial charge in [0.1, 0.15) is 0 Å². The molecule has 152 valence electrons. The normalized spacial score (nSPS) is 12.2. The fourth-order valence-electron chi connectivity index (χ4n) is 3.13. The summed E-state index contributed by atoms with van der Waals surface area (Å²) in [5.41, 5.74) is 4.35. The van der Waals surface area contributed by atoms with Gasteiger partial charge in [0.15, 0.2) is 0 Å². The summed E-state index contributed by atoms with van der Waals surface area (Å²) in [4.78, 5) is 14.5. The van der Waals surface area contributed by atoms with Crippen LogP contribution in [0.15, 0.2) is 53.7 Å². The van der Waals surface area contributed by atoms with Gasteiger partial charge in [-0.25, -0.2) is 0 Å². The standard InChI is InChI=1S/C21H26N6OS/c1-15-10-11-18(16(2)12-15)27-21(23-24-25-27)29-14-20(28)22-13-19(26(3)4)17-8-6-5-7-9-17/h5-12,19H,13-14H2,1-4H3,(H,22,28)/t19-/m0/s1. The first-order valence-electron chi connectivity index (χ1n) is 9.42. The van der Waals surface area contributed by atoms with Crippen molar-refractivity contribution in [3.8, 4) is 5.69 Å². The Morgan fingerprint density at radius 3 is 2.62 bits per heavy atom. The number of nitrogens with zero attached hydrogens (tertiary/aromatic N) is 5. The highest BCUT2D eigenvalue weighted by molar-refractivity contribution is 7.99. The molecule has 1 N–H and O–H groups in total. The molecule has 0 saturated carbocycles. The molecular formula is C21H26N6OS. The predicted octanol–water partition coefficient (Wildman–Crippen LogP) is 2.79. The Bertz CT molecular complexity index is 957. The van der Waals surface area contributed by atoms with Crippen molar-refractivity contribution < 1.29 is 4.79 Å². The van der Waals surface area contributed by atoms with Crippen molar-refractivity contribution in [3.63, 3.8) is 0 Å². The van der Waals surface area contributed by atoms with Crippen molar-refractivity contribution in [2.24, 2.45) is 0 Å². The Labute approximate surface area is 175 Å². The van der Waals surface area contributed by atoms with Gasteiger partial charge in [0.2, 0.25) is 11.1 Å². The zero-order valence-electron chi connectivity index (χ0n) is 17.2. The number of carbonyl (C=O) groups excluding carboxylic acids is 1. The molecule has 1 aromatic heterocycles. The second-order valence-corrected chi connectivity index (χ2v) is 8.09. The van der Waals surface area contributed by atoms with Gasteiger partial charge in [-0.3, -0.25) is 4.79 Å². The molecule has 2 aromatic carbocycles. The molecule has 0 aliphatic heterocycles. The van der Waals surface area contributed by atoms with Crippen molar-refractivity contribution in [1.82, 2.24) is 30.4 Å². The lowest BCUT2D eigenvalue weighted by Crippen LogP contribution is -2.35. The SMILES string of the molecule is Cc1ccc(-n2nnnc2SCC(=O)NC[C@@H](c2ccccc2)N(C)C)c(C)c1. The molecule has 0 bridgehead atoms. The van der Waals surface area contributed by atoms with Gasteiger partial charge in [-0.2, -0.15) is 4.68 Å². The molecule has 1 atom stereocenters. The lowest BCUT2D eigenvalue weighted by atomic mass is 10.1. The zero-order chi connectivity index (χ0) is 20.8. The molecule has 3 aromatic rings. The Kier molecular flexibility index (Phi) is 7.00. The number of carbonyl (C=O) groups is 1. The van der Waals surface area contributed by atoms with Gasteiger partial charge in [0.25, 0.3) is 0 Å². The number of tetrazole rings is 1. The summed E-state index contributed by atoms with van der Waals surface area (Å²) in [6, 6.07) is 16.4. The topological polar surface area (TPSA) is 75.9 Å². The Morgan fingerprint density at radius 1 is 1.17 bits per heavy atom. The molecule has 7 nitrogen and oxygen atoms in total. The largest absolute Gasteiger partial charge is 0.353 e. The van der Waals surface area contributed by atoms with Crippen molar-refractivity contribution >= 4 is 17.7 Å². The van der Waals surface area contributed by atoms with Crippen LogP contribution < -0.4 is 5.32 Å². The highest BCUT2D eigenvalue weighted by Gasteiger charge is 2.16. The smallest absolute Gasteiger partial charge is 0.230 e. The fraction of sp³-hybridized carbons (Fsp3) is 0.333. The Morgan fingerprint density at radius 2 is 1.93 bits per heavy atom. The van der Waals surface area contributed by atoms with Crippen LogP contribution in [0.4, 0.5) is 0 Å². The number of benzene rings is 2. The molecule has 29 heavy (non-hydrogen) atoms. The van der Waals surface area contributed by atoms with Crippen LogP contribution in [0.1, 0.15) is 22.7 Å². The van der Waals surface area contributed by atoms with E-state index >= 15 is 0 Å². The van der Waals surface area contributed by atoms with Gasteiger partial charge >= 0.3 is 0 Å². The first-order valence-corrected chi connectivity index (χ1v) is 10.4. The molecule has 0 fully saturated rings. The van der Waals surface area contributed by atoms with Crippen molar-refractivity contribution in [3.05, 3.63) is 65.2 Å². The minimum Gasteiger partial charge on any atom is -0.353 e. The van der Waals surface area contributed by atoms with E-state index in [1.54, 1.807) is 4.68 Å². The first-order chi connectivity index (χ1) is 14.0. The maximum atomic E-state index is 12.4. The van der Waals surface area contributed by atoms with Crippen LogP contribution in [0.5, 0.6) is 0 Å². The second-order valence-electron chi connectivity index (χ2n) is 7.15. The number of thioether (sulfide) groups is 1. The number of aryl methyl sites for hydroxylation is 2. The summed E-state index contributed by atoms with van der Waals surface area (Å²) < 4.78 is 1.68. The summed E-state index contributed by atoms with van der Waals surface area (Å²) in [5, 5.41) is 15.6. The van der Waals surface area contributed by atoms with E-state index in [1.807, 2.05) is 58.3 Å². The van der Waals surface area contributed by atoms with Gasteiger partial charge in [-0.15, -0.1) is 5.10 Å². The molecule has 0 radical (unpaired) electrons. The predicted molar refractivity (Wildman–Crippen MR) is 115 cm³/mol. The summed E-state index contributed by atoms with van der Waals surface area (Å²) in [6.45, 7) is 4.61. The lowest BCUT2D eigenvalue weighted by molar-refractivity contribution is -0.118. The van der Waals surface area contributed by atoms with Gasteiger partial charge in [0.05, 0.1) is 17.5 Å². The van der Waals surface area contributed by atoms with Crippen molar-refractivity contribution in [1.29, 1.82) is 0 Å². The molecule has 0 aliphatic carbocycles. The van der Waals surface area contributed by atoms with Crippen molar-refractivity contribution in [2.75, 3.05) is 26.4 Å². The lowest BCUT2D eigenvalue weighted by Gasteiger charge is -2.25. The van der Waals surface area contributed by atoms with E-state index in [2.05, 4.69) is 43.9 Å². The quantitative estimate of drug-likeness (QED) is 0.576. The minimum atomic E-state index is -0.0482. The molecule has 8 heteroatoms. The number of hydrogen-bond acceptors (Lipinski definition) is 6. The third kappa shape index (κ3) is 5.42. The summed E-state index contributed by atoms with van der Waals surface area (Å²) >= 11 is 1.33. The van der Waals surface area contributed by atoms with Crippen LogP contribution in [0.2, 0.25) is 0 Å². The van der Waals surface area contributed by atoms with E-state index in [0.29, 0.717) is 11.7 Å². The monoisotopic (exact) mass is 410 g/mol. The number of hydrogen-bond donors (Lipinski definition) is 1. The van der Waals surface area contributed by atoms with Gasteiger partial charge in [-0.05, 0) is 55.6 Å². The number of rotatable bonds is 8.